The summed E-state index contributed by atoms with van der Waals surface area (Å²) in [5.41, 5.74) is 0.967. The van der Waals surface area contributed by atoms with E-state index in [-0.39, 0.29) is 0 Å². The van der Waals surface area contributed by atoms with E-state index in [4.69, 9.17) is 45.6 Å². The molecule has 0 spiro atoms. The van der Waals surface area contributed by atoms with Crippen molar-refractivity contribution in [3.63, 3.8) is 0 Å². The molecular weight excluding hydrogens is 551 g/mol. The van der Waals surface area contributed by atoms with Crippen molar-refractivity contribution in [1.82, 2.24) is 0 Å². The molecule has 0 aliphatic carbocycles. The van der Waals surface area contributed by atoms with E-state index in [1.54, 1.807) is 72.8 Å². The van der Waals surface area contributed by atoms with Crippen LogP contribution in [-0.4, -0.2) is 19.8 Å². The summed E-state index contributed by atoms with van der Waals surface area (Å²) in [6.45, 7) is 7.71. The fraction of sp³-hybridized carbons (Fsp3) is 0.333. The van der Waals surface area contributed by atoms with Gasteiger partial charge in [0.2, 0.25) is 0 Å². The van der Waals surface area contributed by atoms with Gasteiger partial charge in [-0.1, -0.05) is 20.8 Å². The van der Waals surface area contributed by atoms with Crippen molar-refractivity contribution in [3.8, 4) is 17.2 Å². The van der Waals surface area contributed by atoms with Gasteiger partial charge in [-0.25, -0.2) is 22.1 Å². The normalized spacial score (nSPS) is 11.2. The Morgan fingerprint density at radius 3 is 0.976 bits per heavy atom. The summed E-state index contributed by atoms with van der Waals surface area (Å²) in [4.78, 5) is 0. The third-order valence-electron chi connectivity index (χ3n) is 5.26. The summed E-state index contributed by atoms with van der Waals surface area (Å²) < 4.78 is 47.1. The molecule has 3 aromatic carbocycles. The molecule has 0 fully saturated rings. The predicted octanol–water partition coefficient (Wildman–Crippen LogP) is 5.40. The van der Waals surface area contributed by atoms with Gasteiger partial charge in [-0.15, -0.1) is 13.9 Å². The number of hydrogen-bond donors (Lipinski definition) is 3. The summed E-state index contributed by atoms with van der Waals surface area (Å²) >= 11 is 0. The Morgan fingerprint density at radius 1 is 0.512 bits per heavy atom. The zero-order valence-corrected chi connectivity index (χ0v) is 24.4. The Kier molecular flexibility index (Phi) is 12.5. The molecule has 0 aliphatic heterocycles. The zero-order valence-electron chi connectivity index (χ0n) is 23.5. The molecule has 0 amide bonds. The molecule has 0 aliphatic rings. The van der Waals surface area contributed by atoms with Crippen molar-refractivity contribution in [1.29, 1.82) is 0 Å². The molecule has 3 aromatic rings. The molecule has 0 saturated carbocycles. The SMILES string of the molecule is CCCOc1ccc(N(N)OP(=O)(ON(N)c2ccc(OCCC)cc2)ON(N)c2ccc(OCCC)cc2)cc1. The number of nitrogens with two attached hydrogens (primary N) is 3. The second-order valence-electron chi connectivity index (χ2n) is 8.70. The van der Waals surface area contributed by atoms with Gasteiger partial charge >= 0.3 is 7.82 Å². The van der Waals surface area contributed by atoms with Gasteiger partial charge in [0.1, 0.15) is 17.2 Å². The number of rotatable bonds is 18. The average Bonchev–Trinajstić information content (AvgIpc) is 2.98. The topological polar surface area (TPSA) is 160 Å². The van der Waals surface area contributed by atoms with Crippen LogP contribution in [0.2, 0.25) is 0 Å². The van der Waals surface area contributed by atoms with Gasteiger partial charge in [0.05, 0.1) is 36.9 Å². The smallest absolute Gasteiger partial charge is 0.494 e. The third-order valence-corrected chi connectivity index (χ3v) is 6.38. The van der Waals surface area contributed by atoms with Crippen molar-refractivity contribution in [3.05, 3.63) is 72.8 Å². The van der Waals surface area contributed by atoms with E-state index in [1.807, 2.05) is 20.8 Å². The number of phosphoric acid groups is 1. The molecule has 0 saturated heterocycles. The van der Waals surface area contributed by atoms with Gasteiger partial charge in [0.15, 0.2) is 0 Å². The molecule has 41 heavy (non-hydrogen) atoms. The Balaban J connectivity index is 1.78. The molecule has 13 nitrogen and oxygen atoms in total. The highest BCUT2D eigenvalue weighted by molar-refractivity contribution is 7.48. The Labute approximate surface area is 240 Å². The standard InChI is InChI=1S/C27H39N6O7P/c1-4-19-35-25-13-7-22(8-14-25)31(28)38-41(34,39-32(29)23-9-15-26(16-10-23)36-20-5-2)40-33(30)24-11-17-27(18-12-24)37-21-6-3/h7-18H,4-6,19-21,28-30H2,1-3H3. The lowest BCUT2D eigenvalue weighted by atomic mass is 10.3. The van der Waals surface area contributed by atoms with Crippen molar-refractivity contribution < 1.29 is 32.6 Å². The third kappa shape index (κ3) is 10.1. The van der Waals surface area contributed by atoms with E-state index in [0.29, 0.717) is 54.1 Å². The minimum atomic E-state index is -4.66. The first kappa shape index (κ1) is 32.0. The minimum absolute atomic E-state index is 0.322. The Bertz CT molecular complexity index is 1070. The number of benzene rings is 3. The van der Waals surface area contributed by atoms with Crippen LogP contribution in [0, 0.1) is 0 Å². The molecule has 0 aromatic heterocycles. The van der Waals surface area contributed by atoms with Crippen molar-refractivity contribution >= 4 is 24.9 Å². The highest BCUT2D eigenvalue weighted by atomic mass is 31.2. The molecule has 0 heterocycles. The van der Waals surface area contributed by atoms with E-state index < -0.39 is 7.82 Å². The van der Waals surface area contributed by atoms with Gasteiger partial charge in [0.25, 0.3) is 0 Å². The number of nitrogens with zero attached hydrogens (tertiary/aromatic N) is 3. The molecule has 14 heteroatoms. The van der Waals surface area contributed by atoms with Crippen LogP contribution in [0.25, 0.3) is 0 Å². The quantitative estimate of drug-likeness (QED) is 0.0983. The van der Waals surface area contributed by atoms with Crippen LogP contribution in [0.4, 0.5) is 17.1 Å². The molecular formula is C27H39N6O7P. The lowest BCUT2D eigenvalue weighted by Crippen LogP contribution is -2.38. The lowest BCUT2D eigenvalue weighted by molar-refractivity contribution is 0.0860. The van der Waals surface area contributed by atoms with E-state index in [0.717, 1.165) is 34.8 Å². The van der Waals surface area contributed by atoms with Crippen LogP contribution >= 0.6 is 7.82 Å². The number of ether oxygens (including phenoxy) is 3. The zero-order chi connectivity index (χ0) is 29.7. The van der Waals surface area contributed by atoms with Crippen LogP contribution in [0.1, 0.15) is 40.0 Å². The number of hydrazine groups is 3. The van der Waals surface area contributed by atoms with Crippen molar-refractivity contribution in [2.24, 2.45) is 17.5 Å². The van der Waals surface area contributed by atoms with Gasteiger partial charge in [0, 0.05) is 0 Å². The number of anilines is 3. The first-order valence-corrected chi connectivity index (χ1v) is 14.7. The van der Waals surface area contributed by atoms with Gasteiger partial charge < -0.3 is 14.2 Å². The highest BCUT2D eigenvalue weighted by Gasteiger charge is 2.37. The molecule has 0 radical (unpaired) electrons. The molecule has 6 N–H and O–H groups in total. The average molecular weight is 591 g/mol. The summed E-state index contributed by atoms with van der Waals surface area (Å²) in [7, 11) is -4.66. The second kappa shape index (κ2) is 16.0. The van der Waals surface area contributed by atoms with Crippen molar-refractivity contribution in [2.45, 2.75) is 40.0 Å². The highest BCUT2D eigenvalue weighted by Crippen LogP contribution is 2.52. The lowest BCUT2D eigenvalue weighted by Gasteiger charge is -2.29. The maximum Gasteiger partial charge on any atom is 0.543 e. The largest absolute Gasteiger partial charge is 0.543 e. The summed E-state index contributed by atoms with van der Waals surface area (Å²) in [5, 5.41) is 2.19. The van der Waals surface area contributed by atoms with Crippen LogP contribution in [0.5, 0.6) is 17.2 Å². The van der Waals surface area contributed by atoms with Gasteiger partial charge in [-0.05, 0) is 92.1 Å². The Morgan fingerprint density at radius 2 is 0.756 bits per heavy atom. The summed E-state index contributed by atoms with van der Waals surface area (Å²) in [6.07, 6.45) is 2.58. The van der Waals surface area contributed by atoms with Gasteiger partial charge in [-0.2, -0.15) is 15.5 Å². The van der Waals surface area contributed by atoms with Crippen LogP contribution in [0.15, 0.2) is 72.8 Å². The Hall–Kier alpha value is -3.55. The first-order chi connectivity index (χ1) is 19.8. The van der Waals surface area contributed by atoms with Crippen LogP contribution in [-0.2, 0) is 18.4 Å². The maximum atomic E-state index is 13.9. The molecule has 3 rings (SSSR count). The summed E-state index contributed by atoms with van der Waals surface area (Å²) in [5.74, 6) is 20.2. The summed E-state index contributed by atoms with van der Waals surface area (Å²) in [6, 6.07) is 19.8. The molecule has 0 bridgehead atoms. The fourth-order valence-corrected chi connectivity index (χ4v) is 4.26. The van der Waals surface area contributed by atoms with E-state index in [2.05, 4.69) is 0 Å². The monoisotopic (exact) mass is 590 g/mol. The molecule has 0 unspecified atom stereocenters. The van der Waals surface area contributed by atoms with Crippen LogP contribution < -0.4 is 47.3 Å². The first-order valence-electron chi connectivity index (χ1n) is 13.3. The van der Waals surface area contributed by atoms with E-state index in [1.165, 1.54) is 0 Å². The van der Waals surface area contributed by atoms with E-state index in [9.17, 15) is 4.57 Å². The molecule has 0 atom stereocenters. The van der Waals surface area contributed by atoms with Crippen molar-refractivity contribution in [2.75, 3.05) is 35.3 Å². The number of hydrogen-bond acceptors (Lipinski definition) is 13. The van der Waals surface area contributed by atoms with E-state index >= 15 is 0 Å². The minimum Gasteiger partial charge on any atom is -0.494 e. The maximum absolute atomic E-state index is 13.9. The predicted molar refractivity (Wildman–Crippen MR) is 158 cm³/mol. The van der Waals surface area contributed by atoms with Gasteiger partial charge in [-0.3, -0.25) is 0 Å². The fourth-order valence-electron chi connectivity index (χ4n) is 3.24. The van der Waals surface area contributed by atoms with Crippen LogP contribution in [0.3, 0.4) is 0 Å². The second-order valence-corrected chi connectivity index (χ2v) is 10.1. The molecule has 224 valence electrons.